The summed E-state index contributed by atoms with van der Waals surface area (Å²) >= 11 is 0. The molecule has 44 heavy (non-hydrogen) atoms. The Morgan fingerprint density at radius 3 is 1.36 bits per heavy atom. The van der Waals surface area contributed by atoms with E-state index in [0.29, 0.717) is 39.6 Å². The van der Waals surface area contributed by atoms with Crippen LogP contribution in [0.3, 0.4) is 0 Å². The zero-order chi connectivity index (χ0) is 30.2. The summed E-state index contributed by atoms with van der Waals surface area (Å²) in [4.78, 5) is 0. The summed E-state index contributed by atoms with van der Waals surface area (Å²) in [5.41, 5.74) is 6.31. The van der Waals surface area contributed by atoms with Crippen molar-refractivity contribution in [1.29, 1.82) is 0 Å². The molecule has 0 bridgehead atoms. The summed E-state index contributed by atoms with van der Waals surface area (Å²) in [5, 5.41) is 9.95. The Bertz CT molecular complexity index is 1310. The van der Waals surface area contributed by atoms with Gasteiger partial charge in [0.1, 0.15) is 24.4 Å². The van der Waals surface area contributed by atoms with Crippen LogP contribution in [0.5, 0.6) is 0 Å². The van der Waals surface area contributed by atoms with Crippen LogP contribution in [0.15, 0.2) is 121 Å². The molecule has 1 fully saturated rings. The van der Waals surface area contributed by atoms with E-state index in [2.05, 4.69) is 5.48 Å². The summed E-state index contributed by atoms with van der Waals surface area (Å²) in [6.45, 7) is 2.22. The zero-order valence-corrected chi connectivity index (χ0v) is 24.8. The molecule has 5 rings (SSSR count). The third kappa shape index (κ3) is 9.79. The predicted octanol–water partition coefficient (Wildman–Crippen LogP) is 5.68. The van der Waals surface area contributed by atoms with Gasteiger partial charge in [-0.05, 0) is 22.3 Å². The second kappa shape index (κ2) is 17.8. The monoisotopic (exact) mass is 599 g/mol. The molecule has 0 unspecified atom stereocenters. The molecule has 0 spiro atoms. The first-order chi connectivity index (χ1) is 21.8. The van der Waals surface area contributed by atoms with Crippen molar-refractivity contribution >= 4 is 0 Å². The van der Waals surface area contributed by atoms with E-state index >= 15 is 0 Å². The van der Waals surface area contributed by atoms with Gasteiger partial charge in [-0.1, -0.05) is 121 Å². The number of hydrogen-bond acceptors (Lipinski definition) is 8. The van der Waals surface area contributed by atoms with Crippen molar-refractivity contribution in [1.82, 2.24) is 5.48 Å². The van der Waals surface area contributed by atoms with Crippen LogP contribution >= 0.6 is 0 Å². The van der Waals surface area contributed by atoms with Crippen molar-refractivity contribution in [2.24, 2.45) is 0 Å². The van der Waals surface area contributed by atoms with Gasteiger partial charge in [-0.15, -0.1) is 0 Å². The van der Waals surface area contributed by atoms with Gasteiger partial charge in [0.05, 0.1) is 39.6 Å². The van der Waals surface area contributed by atoms with Crippen LogP contribution in [0.25, 0.3) is 0 Å². The van der Waals surface area contributed by atoms with Crippen LogP contribution in [0.4, 0.5) is 0 Å². The fourth-order valence-electron chi connectivity index (χ4n) is 5.12. The Morgan fingerprint density at radius 1 is 0.545 bits per heavy atom. The normalized spacial score (nSPS) is 16.4. The van der Waals surface area contributed by atoms with E-state index in [0.717, 1.165) is 22.3 Å². The molecule has 2 N–H and O–H groups in total. The third-order valence-electron chi connectivity index (χ3n) is 7.39. The minimum atomic E-state index is -0.708. The second-order valence-corrected chi connectivity index (χ2v) is 10.6. The zero-order valence-electron chi connectivity index (χ0n) is 24.8. The van der Waals surface area contributed by atoms with Crippen LogP contribution in [0.1, 0.15) is 22.3 Å². The molecular weight excluding hydrogens is 558 g/mol. The molecule has 4 aromatic carbocycles. The largest absolute Gasteiger partial charge is 0.369 e. The van der Waals surface area contributed by atoms with Crippen LogP contribution in [0, 0.1) is 0 Å². The Balaban J connectivity index is 1.48. The fourth-order valence-corrected chi connectivity index (χ4v) is 5.12. The van der Waals surface area contributed by atoms with E-state index < -0.39 is 30.7 Å². The lowest BCUT2D eigenvalue weighted by atomic mass is 10.0. The molecule has 4 atom stereocenters. The molecule has 8 heteroatoms. The van der Waals surface area contributed by atoms with Gasteiger partial charge in [0.2, 0.25) is 0 Å². The summed E-state index contributed by atoms with van der Waals surface area (Å²) in [6.07, 6.45) is -3.40. The number of rotatable bonds is 18. The number of hydrogen-bond donors (Lipinski definition) is 2. The highest BCUT2D eigenvalue weighted by atomic mass is 16.7. The van der Waals surface area contributed by atoms with Crippen LogP contribution in [0.2, 0.25) is 0 Å². The van der Waals surface area contributed by atoms with E-state index in [1.807, 2.05) is 121 Å². The van der Waals surface area contributed by atoms with Gasteiger partial charge in [-0.2, -0.15) is 0 Å². The number of hydroxylamine groups is 1. The van der Waals surface area contributed by atoms with Gasteiger partial charge in [0.15, 0.2) is 6.29 Å². The first-order valence-corrected chi connectivity index (χ1v) is 15.0. The minimum absolute atomic E-state index is 0.0925. The first-order valence-electron chi connectivity index (χ1n) is 15.0. The smallest absolute Gasteiger partial charge is 0.186 e. The average Bonchev–Trinajstić information content (AvgIpc) is 3.62. The van der Waals surface area contributed by atoms with Crippen molar-refractivity contribution < 1.29 is 33.6 Å². The maximum absolute atomic E-state index is 9.95. The molecule has 1 aliphatic rings. The molecule has 1 heterocycles. The summed E-state index contributed by atoms with van der Waals surface area (Å²) < 4.78 is 38.5. The summed E-state index contributed by atoms with van der Waals surface area (Å²) in [6, 6.07) is 39.7. The van der Waals surface area contributed by atoms with Crippen molar-refractivity contribution in [3.05, 3.63) is 144 Å². The Hall–Kier alpha value is -3.44. The van der Waals surface area contributed by atoms with Crippen LogP contribution in [-0.4, -0.2) is 55.7 Å². The van der Waals surface area contributed by atoms with Gasteiger partial charge < -0.3 is 33.6 Å². The minimum Gasteiger partial charge on any atom is -0.369 e. The molecule has 0 aliphatic carbocycles. The number of ether oxygens (including phenoxy) is 6. The summed E-state index contributed by atoms with van der Waals surface area (Å²) in [5.74, 6) is 0. The van der Waals surface area contributed by atoms with E-state index in [1.165, 1.54) is 0 Å². The lowest BCUT2D eigenvalue weighted by Gasteiger charge is -2.39. The van der Waals surface area contributed by atoms with Crippen molar-refractivity contribution in [3.63, 3.8) is 0 Å². The summed E-state index contributed by atoms with van der Waals surface area (Å²) in [7, 11) is 0. The highest BCUT2D eigenvalue weighted by Crippen LogP contribution is 2.27. The molecule has 1 saturated heterocycles. The quantitative estimate of drug-likeness (QED) is 0.141. The predicted molar refractivity (Wildman–Crippen MR) is 166 cm³/mol. The Morgan fingerprint density at radius 2 is 0.932 bits per heavy atom. The molecular formula is C36H41NO7. The standard InChI is InChI=1S/C36H41NO7/c38-37-23-32(41-24-28-13-5-1-6-14-28)33(42-25-29-15-7-2-8-16-29)34(43-26-30-17-9-3-10-18-30)35(36-39-21-22-40-36)44-27-31-19-11-4-12-20-31/h1-20,32-38H,21-27H2/t32-,33+,34-,35-/m0/s1. The maximum atomic E-state index is 9.95. The molecule has 0 amide bonds. The molecule has 0 aromatic heterocycles. The number of benzene rings is 4. The van der Waals surface area contributed by atoms with Crippen molar-refractivity contribution in [2.45, 2.75) is 57.1 Å². The second-order valence-electron chi connectivity index (χ2n) is 10.6. The molecule has 0 radical (unpaired) electrons. The van der Waals surface area contributed by atoms with Crippen molar-refractivity contribution in [3.8, 4) is 0 Å². The van der Waals surface area contributed by atoms with Gasteiger partial charge in [0, 0.05) is 6.54 Å². The van der Waals surface area contributed by atoms with E-state index in [1.54, 1.807) is 0 Å². The Kier molecular flexibility index (Phi) is 12.9. The van der Waals surface area contributed by atoms with E-state index in [-0.39, 0.29) is 6.54 Å². The van der Waals surface area contributed by atoms with Gasteiger partial charge in [0.25, 0.3) is 0 Å². The maximum Gasteiger partial charge on any atom is 0.186 e. The molecule has 1 aliphatic heterocycles. The van der Waals surface area contributed by atoms with E-state index in [9.17, 15) is 5.21 Å². The Labute approximate surface area is 259 Å². The molecule has 8 nitrogen and oxygen atoms in total. The van der Waals surface area contributed by atoms with Crippen LogP contribution < -0.4 is 5.48 Å². The number of nitrogens with one attached hydrogen (secondary N) is 1. The highest BCUT2D eigenvalue weighted by Gasteiger charge is 2.44. The van der Waals surface area contributed by atoms with Crippen molar-refractivity contribution in [2.75, 3.05) is 19.8 Å². The lowest BCUT2D eigenvalue weighted by Crippen LogP contribution is -2.55. The topological polar surface area (TPSA) is 87.6 Å². The third-order valence-corrected chi connectivity index (χ3v) is 7.39. The van der Waals surface area contributed by atoms with E-state index in [4.69, 9.17) is 28.4 Å². The molecule has 232 valence electrons. The SMILES string of the molecule is ONC[C@H](OCc1ccccc1)[C@@H](OCc1ccccc1)[C@H](OCc1ccccc1)[C@H](OCc1ccccc1)C1OCCO1. The van der Waals surface area contributed by atoms with Gasteiger partial charge >= 0.3 is 0 Å². The first kappa shape index (κ1) is 32.0. The highest BCUT2D eigenvalue weighted by molar-refractivity contribution is 5.16. The fraction of sp³-hybridized carbons (Fsp3) is 0.333. The van der Waals surface area contributed by atoms with Gasteiger partial charge in [-0.3, -0.25) is 0 Å². The van der Waals surface area contributed by atoms with Crippen LogP contribution in [-0.2, 0) is 54.8 Å². The average molecular weight is 600 g/mol. The molecule has 0 saturated carbocycles. The van der Waals surface area contributed by atoms with Gasteiger partial charge in [-0.25, -0.2) is 5.48 Å². The lowest BCUT2D eigenvalue weighted by molar-refractivity contribution is -0.238. The molecule has 4 aromatic rings.